The van der Waals surface area contributed by atoms with E-state index in [2.05, 4.69) is 10.3 Å². The molecule has 2 rings (SSSR count). The van der Waals surface area contributed by atoms with E-state index in [1.54, 1.807) is 18.2 Å². The first-order valence-corrected chi connectivity index (χ1v) is 9.08. The van der Waals surface area contributed by atoms with Gasteiger partial charge in [-0.1, -0.05) is 29.3 Å². The highest BCUT2D eigenvalue weighted by atomic mass is 127. The second-order valence-corrected chi connectivity index (χ2v) is 6.82. The monoisotopic (exact) mass is 554 g/mol. The molecule has 0 aromatic heterocycles. The van der Waals surface area contributed by atoms with Gasteiger partial charge in [0.25, 0.3) is 5.69 Å². The zero-order chi connectivity index (χ0) is 20.7. The Hall–Kier alpha value is -1.82. The quantitative estimate of drug-likeness (QED) is 0.149. The lowest BCUT2D eigenvalue weighted by molar-refractivity contribution is -0.384. The minimum absolute atomic E-state index is 0. The van der Waals surface area contributed by atoms with Crippen LogP contribution >= 0.6 is 47.2 Å². The number of nitro benzene ring substituents is 1. The first-order valence-electron chi connectivity index (χ1n) is 8.33. The van der Waals surface area contributed by atoms with Crippen molar-refractivity contribution in [3.63, 3.8) is 0 Å². The summed E-state index contributed by atoms with van der Waals surface area (Å²) < 4.78 is 5.38. The Morgan fingerprint density at radius 3 is 2.55 bits per heavy atom. The van der Waals surface area contributed by atoms with E-state index < -0.39 is 11.0 Å². The first kappa shape index (κ1) is 25.2. The van der Waals surface area contributed by atoms with Gasteiger partial charge in [0.05, 0.1) is 17.5 Å². The summed E-state index contributed by atoms with van der Waals surface area (Å²) in [6.45, 7) is 1.85. The maximum Gasteiger partial charge on any atom is 0.269 e. The minimum atomic E-state index is -0.898. The number of hydrogen-bond acceptors (Lipinski definition) is 5. The number of nitrogens with one attached hydrogen (secondary N) is 1. The molecule has 0 heterocycles. The van der Waals surface area contributed by atoms with Crippen molar-refractivity contribution in [2.24, 2.45) is 10.7 Å². The Balaban J connectivity index is 0.00000420. The van der Waals surface area contributed by atoms with Crippen molar-refractivity contribution in [3.8, 4) is 5.75 Å². The van der Waals surface area contributed by atoms with Crippen molar-refractivity contribution in [2.75, 3.05) is 13.2 Å². The van der Waals surface area contributed by atoms with E-state index in [0.29, 0.717) is 15.8 Å². The third-order valence-electron chi connectivity index (χ3n) is 3.76. The highest BCUT2D eigenvalue weighted by Gasteiger charge is 2.12. The molecule has 0 amide bonds. The van der Waals surface area contributed by atoms with Gasteiger partial charge in [0, 0.05) is 22.2 Å². The number of nitrogens with two attached hydrogens (primary N) is 1. The molecule has 2 aromatic carbocycles. The third kappa shape index (κ3) is 8.21. The molecule has 0 aliphatic heterocycles. The van der Waals surface area contributed by atoms with Gasteiger partial charge in [0.1, 0.15) is 18.5 Å². The molecule has 4 N–H and O–H groups in total. The number of benzene rings is 2. The summed E-state index contributed by atoms with van der Waals surface area (Å²) in [7, 11) is 0. The highest BCUT2D eigenvalue weighted by molar-refractivity contribution is 14.0. The van der Waals surface area contributed by atoms with E-state index in [1.165, 1.54) is 24.3 Å². The number of non-ortho nitro benzene ring substituents is 1. The lowest BCUT2D eigenvalue weighted by Crippen LogP contribution is -2.35. The van der Waals surface area contributed by atoms with Crippen LogP contribution in [0.1, 0.15) is 18.5 Å². The molecule has 2 unspecified atom stereocenters. The van der Waals surface area contributed by atoms with Crippen LogP contribution in [0.4, 0.5) is 5.69 Å². The van der Waals surface area contributed by atoms with Crippen molar-refractivity contribution >= 4 is 58.8 Å². The Morgan fingerprint density at radius 2 is 1.97 bits per heavy atom. The summed E-state index contributed by atoms with van der Waals surface area (Å²) in [6.07, 6.45) is -0.898. The molecule has 0 aliphatic rings. The van der Waals surface area contributed by atoms with Crippen LogP contribution in [0.2, 0.25) is 10.0 Å². The van der Waals surface area contributed by atoms with E-state index in [4.69, 9.17) is 33.7 Å². The molecule has 0 aliphatic carbocycles. The van der Waals surface area contributed by atoms with Gasteiger partial charge in [0.15, 0.2) is 5.96 Å². The predicted octanol–water partition coefficient (Wildman–Crippen LogP) is 3.92. The predicted molar refractivity (Wildman–Crippen MR) is 125 cm³/mol. The number of rotatable bonds is 8. The summed E-state index contributed by atoms with van der Waals surface area (Å²) in [5.74, 6) is 0.554. The largest absolute Gasteiger partial charge is 0.491 e. The van der Waals surface area contributed by atoms with Crippen LogP contribution < -0.4 is 15.8 Å². The number of nitro groups is 1. The lowest BCUT2D eigenvalue weighted by atomic mass is 10.1. The summed E-state index contributed by atoms with van der Waals surface area (Å²) in [5.41, 5.74) is 6.62. The van der Waals surface area contributed by atoms with Crippen molar-refractivity contribution in [1.82, 2.24) is 5.32 Å². The summed E-state index contributed by atoms with van der Waals surface area (Å²) in [4.78, 5) is 14.2. The van der Waals surface area contributed by atoms with Crippen LogP contribution in [0, 0.1) is 10.1 Å². The average Bonchev–Trinajstić information content (AvgIpc) is 2.64. The van der Waals surface area contributed by atoms with Crippen LogP contribution in [-0.4, -0.2) is 35.2 Å². The van der Waals surface area contributed by atoms with Crippen LogP contribution in [0.25, 0.3) is 0 Å². The van der Waals surface area contributed by atoms with E-state index >= 15 is 0 Å². The third-order valence-corrected chi connectivity index (χ3v) is 4.32. The van der Waals surface area contributed by atoms with Crippen molar-refractivity contribution in [3.05, 3.63) is 68.2 Å². The molecule has 2 aromatic rings. The molecule has 0 bridgehead atoms. The number of ether oxygens (including phenoxy) is 1. The molecule has 2 atom stereocenters. The zero-order valence-electron chi connectivity index (χ0n) is 15.4. The SMILES string of the molecule is CC(NC(N)=NCC(O)COc1ccc([N+](=O)[O-])cc1)c1ccc(Cl)cc1Cl.I. The normalized spacial score (nSPS) is 13.2. The molecular formula is C18H21Cl2IN4O4. The van der Waals surface area contributed by atoms with Crippen LogP contribution in [0.15, 0.2) is 47.5 Å². The maximum absolute atomic E-state index is 10.6. The van der Waals surface area contributed by atoms with Crippen molar-refractivity contribution in [1.29, 1.82) is 0 Å². The molecule has 0 saturated carbocycles. The topological polar surface area (TPSA) is 123 Å². The summed E-state index contributed by atoms with van der Waals surface area (Å²) in [6, 6.07) is 10.5. The Labute approximate surface area is 195 Å². The van der Waals surface area contributed by atoms with Gasteiger partial charge in [0.2, 0.25) is 0 Å². The van der Waals surface area contributed by atoms with Gasteiger partial charge in [-0.25, -0.2) is 0 Å². The number of nitrogens with zero attached hydrogens (tertiary/aromatic N) is 2. The smallest absolute Gasteiger partial charge is 0.269 e. The highest BCUT2D eigenvalue weighted by Crippen LogP contribution is 2.25. The van der Waals surface area contributed by atoms with Gasteiger partial charge in [-0.05, 0) is 36.8 Å². The molecule has 0 saturated heterocycles. The van der Waals surface area contributed by atoms with Gasteiger partial charge in [-0.3, -0.25) is 15.1 Å². The number of guanidine groups is 1. The van der Waals surface area contributed by atoms with Crippen LogP contribution in [0.5, 0.6) is 5.75 Å². The summed E-state index contributed by atoms with van der Waals surface area (Å²) >= 11 is 12.0. The van der Waals surface area contributed by atoms with Gasteiger partial charge < -0.3 is 20.9 Å². The number of aliphatic hydroxyl groups excluding tert-OH is 1. The van der Waals surface area contributed by atoms with Crippen molar-refractivity contribution < 1.29 is 14.8 Å². The molecule has 158 valence electrons. The fourth-order valence-corrected chi connectivity index (χ4v) is 2.88. The molecule has 8 nitrogen and oxygen atoms in total. The maximum atomic E-state index is 10.6. The Kier molecular flexibility index (Phi) is 10.4. The lowest BCUT2D eigenvalue weighted by Gasteiger charge is -2.17. The number of hydrogen-bond donors (Lipinski definition) is 3. The molecule has 0 fully saturated rings. The standard InChI is InChI=1S/C18H20Cl2N4O4.HI/c1-11(16-7-2-12(19)8-17(16)20)23-18(21)22-9-14(25)10-28-15-5-3-13(4-6-15)24(26)27;/h2-8,11,14,25H,9-10H2,1H3,(H3,21,22,23);1H. The Bertz CT molecular complexity index is 852. The number of halogens is 3. The molecule has 11 heteroatoms. The minimum Gasteiger partial charge on any atom is -0.491 e. The van der Waals surface area contributed by atoms with Crippen LogP contribution in [0.3, 0.4) is 0 Å². The summed E-state index contributed by atoms with van der Waals surface area (Å²) in [5, 5.41) is 24.6. The fraction of sp³-hybridized carbons (Fsp3) is 0.278. The number of aliphatic hydroxyl groups is 1. The second-order valence-electron chi connectivity index (χ2n) is 5.97. The first-order chi connectivity index (χ1) is 13.3. The zero-order valence-corrected chi connectivity index (χ0v) is 19.3. The second kappa shape index (κ2) is 12.0. The van der Waals surface area contributed by atoms with E-state index in [0.717, 1.165) is 5.56 Å². The van der Waals surface area contributed by atoms with Crippen molar-refractivity contribution in [2.45, 2.75) is 19.1 Å². The van der Waals surface area contributed by atoms with Gasteiger partial charge in [-0.15, -0.1) is 24.0 Å². The average molecular weight is 555 g/mol. The molecule has 0 spiro atoms. The number of aliphatic imine (C=N–C) groups is 1. The van der Waals surface area contributed by atoms with E-state index in [9.17, 15) is 15.2 Å². The van der Waals surface area contributed by atoms with Crippen LogP contribution in [-0.2, 0) is 0 Å². The van der Waals surface area contributed by atoms with Gasteiger partial charge in [-0.2, -0.15) is 0 Å². The molecular weight excluding hydrogens is 534 g/mol. The van der Waals surface area contributed by atoms with E-state index in [1.807, 2.05) is 6.92 Å². The molecule has 0 radical (unpaired) electrons. The molecule has 29 heavy (non-hydrogen) atoms. The Morgan fingerprint density at radius 1 is 1.31 bits per heavy atom. The van der Waals surface area contributed by atoms with Gasteiger partial charge >= 0.3 is 0 Å². The van der Waals surface area contributed by atoms with E-state index in [-0.39, 0.29) is 54.8 Å². The fourth-order valence-electron chi connectivity index (χ4n) is 2.31.